The molecular weight excluding hydrogens is 171 g/mol. The second-order valence-corrected chi connectivity index (χ2v) is 3.39. The van der Waals surface area contributed by atoms with Gasteiger partial charge in [0.05, 0.1) is 0 Å². The molecule has 74 valence electrons. The van der Waals surface area contributed by atoms with E-state index in [-0.39, 0.29) is 0 Å². The van der Waals surface area contributed by atoms with Crippen molar-refractivity contribution >= 4 is 5.91 Å². The van der Waals surface area contributed by atoms with E-state index in [2.05, 4.69) is 16.8 Å². The second-order valence-electron chi connectivity index (χ2n) is 3.39. The SMILES string of the molecule is C=C(F)C(=O)NC[C@@H]1CCCN1C. The lowest BCUT2D eigenvalue weighted by molar-refractivity contribution is -0.119. The summed E-state index contributed by atoms with van der Waals surface area (Å²) in [5.41, 5.74) is 0. The third-order valence-electron chi connectivity index (χ3n) is 2.42. The van der Waals surface area contributed by atoms with Crippen LogP contribution in [0.1, 0.15) is 12.8 Å². The summed E-state index contributed by atoms with van der Waals surface area (Å²) in [5, 5.41) is 2.50. The van der Waals surface area contributed by atoms with Gasteiger partial charge in [0, 0.05) is 12.6 Å². The standard InChI is InChI=1S/C9H15FN2O/c1-7(10)9(13)11-6-8-4-3-5-12(8)2/h8H,1,3-6H2,2H3,(H,11,13)/t8-/m0/s1. The Morgan fingerprint density at radius 1 is 1.77 bits per heavy atom. The molecule has 0 aliphatic carbocycles. The highest BCUT2D eigenvalue weighted by Gasteiger charge is 2.21. The van der Waals surface area contributed by atoms with Crippen molar-refractivity contribution in [1.29, 1.82) is 0 Å². The van der Waals surface area contributed by atoms with Gasteiger partial charge >= 0.3 is 0 Å². The van der Waals surface area contributed by atoms with E-state index >= 15 is 0 Å². The number of nitrogens with zero attached hydrogens (tertiary/aromatic N) is 1. The molecule has 0 spiro atoms. The lowest BCUT2D eigenvalue weighted by Crippen LogP contribution is -2.38. The van der Waals surface area contributed by atoms with Gasteiger partial charge in [-0.1, -0.05) is 6.58 Å². The normalized spacial score (nSPS) is 23.1. The van der Waals surface area contributed by atoms with Crippen LogP contribution in [0.4, 0.5) is 4.39 Å². The van der Waals surface area contributed by atoms with E-state index in [0.29, 0.717) is 12.6 Å². The lowest BCUT2D eigenvalue weighted by Gasteiger charge is -2.19. The van der Waals surface area contributed by atoms with E-state index in [1.54, 1.807) is 0 Å². The van der Waals surface area contributed by atoms with Crippen LogP contribution in [0, 0.1) is 0 Å². The number of carbonyl (C=O) groups excluding carboxylic acids is 1. The molecule has 3 nitrogen and oxygen atoms in total. The highest BCUT2D eigenvalue weighted by molar-refractivity contribution is 5.90. The second kappa shape index (κ2) is 4.37. The van der Waals surface area contributed by atoms with Crippen molar-refractivity contribution in [3.8, 4) is 0 Å². The maximum absolute atomic E-state index is 12.2. The van der Waals surface area contributed by atoms with Gasteiger partial charge in [-0.05, 0) is 26.4 Å². The molecule has 1 aliphatic heterocycles. The van der Waals surface area contributed by atoms with Crippen molar-refractivity contribution < 1.29 is 9.18 Å². The summed E-state index contributed by atoms with van der Waals surface area (Å²) in [7, 11) is 2.01. The highest BCUT2D eigenvalue weighted by Crippen LogP contribution is 2.13. The van der Waals surface area contributed by atoms with E-state index in [1.807, 2.05) is 7.05 Å². The number of rotatable bonds is 3. The Balaban J connectivity index is 2.26. The van der Waals surface area contributed by atoms with Crippen molar-refractivity contribution in [2.24, 2.45) is 0 Å². The number of carbonyl (C=O) groups is 1. The predicted octanol–water partition coefficient (Wildman–Crippen LogP) is 0.680. The molecule has 0 bridgehead atoms. The molecule has 0 aromatic rings. The molecule has 0 unspecified atom stereocenters. The first kappa shape index (κ1) is 10.2. The molecule has 1 rings (SSSR count). The summed E-state index contributed by atoms with van der Waals surface area (Å²) in [6.45, 7) is 4.49. The monoisotopic (exact) mass is 186 g/mol. The summed E-state index contributed by atoms with van der Waals surface area (Å²) < 4.78 is 12.2. The van der Waals surface area contributed by atoms with Gasteiger partial charge in [-0.3, -0.25) is 4.79 Å². The third kappa shape index (κ3) is 2.81. The molecular formula is C9H15FN2O. The molecule has 0 saturated carbocycles. The average molecular weight is 186 g/mol. The van der Waals surface area contributed by atoms with E-state index in [1.165, 1.54) is 0 Å². The highest BCUT2D eigenvalue weighted by atomic mass is 19.1. The number of hydrogen-bond donors (Lipinski definition) is 1. The van der Waals surface area contributed by atoms with E-state index in [4.69, 9.17) is 0 Å². The number of nitrogens with one attached hydrogen (secondary N) is 1. The molecule has 1 aliphatic rings. The Morgan fingerprint density at radius 3 is 2.92 bits per heavy atom. The number of halogens is 1. The van der Waals surface area contributed by atoms with Crippen LogP contribution in [0.2, 0.25) is 0 Å². The quantitative estimate of drug-likeness (QED) is 0.657. The summed E-state index contributed by atoms with van der Waals surface area (Å²) >= 11 is 0. The third-order valence-corrected chi connectivity index (χ3v) is 2.42. The zero-order valence-corrected chi connectivity index (χ0v) is 7.85. The fraction of sp³-hybridized carbons (Fsp3) is 0.667. The van der Waals surface area contributed by atoms with Crippen LogP contribution in [-0.2, 0) is 4.79 Å². The molecule has 1 atom stereocenters. The van der Waals surface area contributed by atoms with Gasteiger partial charge in [-0.15, -0.1) is 0 Å². The first-order chi connectivity index (χ1) is 6.11. The smallest absolute Gasteiger partial charge is 0.279 e. The maximum Gasteiger partial charge on any atom is 0.279 e. The molecule has 1 saturated heterocycles. The Labute approximate surface area is 77.6 Å². The van der Waals surface area contributed by atoms with E-state index in [0.717, 1.165) is 19.4 Å². The van der Waals surface area contributed by atoms with Crippen LogP contribution in [0.5, 0.6) is 0 Å². The number of amides is 1. The summed E-state index contributed by atoms with van der Waals surface area (Å²) in [6, 6.07) is 0.350. The lowest BCUT2D eigenvalue weighted by atomic mass is 10.2. The largest absolute Gasteiger partial charge is 0.348 e. The van der Waals surface area contributed by atoms with E-state index in [9.17, 15) is 9.18 Å². The molecule has 1 N–H and O–H groups in total. The van der Waals surface area contributed by atoms with E-state index < -0.39 is 11.7 Å². The molecule has 0 aromatic carbocycles. The summed E-state index contributed by atoms with van der Waals surface area (Å²) in [6.07, 6.45) is 2.21. The summed E-state index contributed by atoms with van der Waals surface area (Å²) in [4.78, 5) is 13.0. The zero-order chi connectivity index (χ0) is 9.84. The Hall–Kier alpha value is -0.900. The Kier molecular flexibility index (Phi) is 3.42. The van der Waals surface area contributed by atoms with Crippen molar-refractivity contribution in [3.05, 3.63) is 12.4 Å². The minimum absolute atomic E-state index is 0.350. The molecule has 1 heterocycles. The van der Waals surface area contributed by atoms with Gasteiger partial charge in [0.25, 0.3) is 5.91 Å². The molecule has 13 heavy (non-hydrogen) atoms. The minimum atomic E-state index is -0.916. The summed E-state index contributed by atoms with van der Waals surface area (Å²) in [5.74, 6) is -1.61. The number of hydrogen-bond acceptors (Lipinski definition) is 2. The van der Waals surface area contributed by atoms with Crippen molar-refractivity contribution in [3.63, 3.8) is 0 Å². The minimum Gasteiger partial charge on any atom is -0.348 e. The first-order valence-corrected chi connectivity index (χ1v) is 4.44. The molecule has 1 amide bonds. The van der Waals surface area contributed by atoms with Crippen LogP contribution in [0.25, 0.3) is 0 Å². The Morgan fingerprint density at radius 2 is 2.46 bits per heavy atom. The molecule has 1 fully saturated rings. The van der Waals surface area contributed by atoms with Gasteiger partial charge in [-0.2, -0.15) is 0 Å². The fourth-order valence-corrected chi connectivity index (χ4v) is 1.54. The van der Waals surface area contributed by atoms with Crippen LogP contribution < -0.4 is 5.32 Å². The number of likely N-dealkylation sites (tertiary alicyclic amines) is 1. The topological polar surface area (TPSA) is 32.3 Å². The van der Waals surface area contributed by atoms with Crippen LogP contribution in [0.3, 0.4) is 0 Å². The van der Waals surface area contributed by atoms with Gasteiger partial charge < -0.3 is 10.2 Å². The molecule has 4 heteroatoms. The van der Waals surface area contributed by atoms with Crippen molar-refractivity contribution in [2.45, 2.75) is 18.9 Å². The van der Waals surface area contributed by atoms with Crippen LogP contribution >= 0.6 is 0 Å². The fourth-order valence-electron chi connectivity index (χ4n) is 1.54. The van der Waals surface area contributed by atoms with Crippen molar-refractivity contribution in [1.82, 2.24) is 10.2 Å². The van der Waals surface area contributed by atoms with Crippen LogP contribution in [-0.4, -0.2) is 37.0 Å². The Bertz CT molecular complexity index is 218. The van der Waals surface area contributed by atoms with Crippen LogP contribution in [0.15, 0.2) is 12.4 Å². The molecule has 0 radical (unpaired) electrons. The molecule has 0 aromatic heterocycles. The maximum atomic E-state index is 12.2. The van der Waals surface area contributed by atoms with Gasteiger partial charge in [0.15, 0.2) is 5.83 Å². The van der Waals surface area contributed by atoms with Crippen molar-refractivity contribution in [2.75, 3.05) is 20.1 Å². The predicted molar refractivity (Wildman–Crippen MR) is 48.9 cm³/mol. The van der Waals surface area contributed by atoms with Gasteiger partial charge in [0.1, 0.15) is 0 Å². The first-order valence-electron chi connectivity index (χ1n) is 4.44. The van der Waals surface area contributed by atoms with Gasteiger partial charge in [0.2, 0.25) is 0 Å². The van der Waals surface area contributed by atoms with Gasteiger partial charge in [-0.25, -0.2) is 4.39 Å². The number of likely N-dealkylation sites (N-methyl/N-ethyl adjacent to an activating group) is 1. The average Bonchev–Trinajstić information content (AvgIpc) is 2.47. The zero-order valence-electron chi connectivity index (χ0n) is 7.85.